The molecule has 0 aromatic heterocycles. The first-order valence-electron chi connectivity index (χ1n) is 21.8. The minimum atomic E-state index is -0.553. The minimum Gasteiger partial charge on any atom is -0.310 e. The Balaban J connectivity index is 1.06. The molecule has 2 aliphatic rings. The maximum atomic E-state index is 2.48. The third-order valence-electron chi connectivity index (χ3n) is 13.1. The topological polar surface area (TPSA) is 6.48 Å². The van der Waals surface area contributed by atoms with Crippen LogP contribution in [0.4, 0.5) is 34.1 Å². The molecule has 296 valence electrons. The highest BCUT2D eigenvalue weighted by molar-refractivity contribution is 5.97. The largest absolute Gasteiger partial charge is 0.310 e. The van der Waals surface area contributed by atoms with Crippen LogP contribution < -0.4 is 9.80 Å². The van der Waals surface area contributed by atoms with Crippen LogP contribution in [0.15, 0.2) is 255 Å². The lowest BCUT2D eigenvalue weighted by atomic mass is 9.70. The third-order valence-corrected chi connectivity index (χ3v) is 13.1. The molecule has 0 N–H and O–H groups in total. The van der Waals surface area contributed by atoms with Crippen molar-refractivity contribution in [3.63, 3.8) is 0 Å². The summed E-state index contributed by atoms with van der Waals surface area (Å²) in [4.78, 5) is 4.81. The normalized spacial score (nSPS) is 12.6. The molecule has 0 radical (unpaired) electrons. The molecule has 10 aromatic rings. The van der Waals surface area contributed by atoms with Crippen molar-refractivity contribution in [3.8, 4) is 44.5 Å². The van der Waals surface area contributed by atoms with Gasteiger partial charge in [0.15, 0.2) is 0 Å². The highest BCUT2D eigenvalue weighted by Crippen LogP contribution is 2.64. The Bertz CT molecular complexity index is 3030. The second kappa shape index (κ2) is 15.1. The first-order valence-corrected chi connectivity index (χ1v) is 21.8. The predicted molar refractivity (Wildman–Crippen MR) is 263 cm³/mol. The quantitative estimate of drug-likeness (QED) is 0.151. The van der Waals surface area contributed by atoms with E-state index in [0.717, 1.165) is 34.1 Å². The van der Waals surface area contributed by atoms with Crippen LogP contribution in [-0.4, -0.2) is 0 Å². The van der Waals surface area contributed by atoms with Crippen LogP contribution in [0, 0.1) is 0 Å². The summed E-state index contributed by atoms with van der Waals surface area (Å²) in [5.74, 6) is 0. The van der Waals surface area contributed by atoms with Crippen molar-refractivity contribution in [3.05, 3.63) is 277 Å². The lowest BCUT2D eigenvalue weighted by Crippen LogP contribution is -2.26. The minimum absolute atomic E-state index is 0.553. The molecule has 0 saturated heterocycles. The number of benzene rings is 10. The first kappa shape index (κ1) is 36.6. The van der Waals surface area contributed by atoms with Gasteiger partial charge in [0.25, 0.3) is 0 Å². The van der Waals surface area contributed by atoms with E-state index in [2.05, 4.69) is 265 Å². The molecule has 1 spiro atoms. The molecule has 0 amide bonds. The van der Waals surface area contributed by atoms with Gasteiger partial charge in [0.1, 0.15) is 0 Å². The predicted octanol–water partition coefficient (Wildman–Crippen LogP) is 16.3. The Hall–Kier alpha value is -8.20. The van der Waals surface area contributed by atoms with Crippen LogP contribution in [-0.2, 0) is 5.41 Å². The molecule has 2 aliphatic carbocycles. The Labute approximate surface area is 369 Å². The third kappa shape index (κ3) is 5.95. The van der Waals surface area contributed by atoms with Crippen molar-refractivity contribution in [1.29, 1.82) is 0 Å². The molecule has 2 nitrogen and oxygen atoms in total. The van der Waals surface area contributed by atoms with E-state index in [4.69, 9.17) is 0 Å². The average Bonchev–Trinajstić information content (AvgIpc) is 3.82. The van der Waals surface area contributed by atoms with Crippen LogP contribution in [0.5, 0.6) is 0 Å². The molecule has 0 heterocycles. The van der Waals surface area contributed by atoms with Gasteiger partial charge in [0.2, 0.25) is 0 Å². The lowest BCUT2D eigenvalue weighted by molar-refractivity contribution is 0.793. The maximum absolute atomic E-state index is 2.48. The second-order valence-corrected chi connectivity index (χ2v) is 16.5. The van der Waals surface area contributed by atoms with Crippen molar-refractivity contribution in [1.82, 2.24) is 0 Å². The number of nitrogens with zero attached hydrogens (tertiary/aromatic N) is 2. The van der Waals surface area contributed by atoms with E-state index in [0.29, 0.717) is 0 Å². The fourth-order valence-corrected chi connectivity index (χ4v) is 10.3. The number of anilines is 6. The fraction of sp³-hybridized carbons (Fsp3) is 0.0164. The fourth-order valence-electron chi connectivity index (χ4n) is 10.3. The van der Waals surface area contributed by atoms with Crippen LogP contribution in [0.2, 0.25) is 0 Å². The van der Waals surface area contributed by atoms with E-state index >= 15 is 0 Å². The molecule has 0 saturated carbocycles. The number of hydrogen-bond acceptors (Lipinski definition) is 2. The number of rotatable bonds is 8. The van der Waals surface area contributed by atoms with Gasteiger partial charge >= 0.3 is 0 Å². The zero-order chi connectivity index (χ0) is 41.7. The number of hydrogen-bond donors (Lipinski definition) is 0. The molecule has 10 aromatic carbocycles. The SMILES string of the molecule is c1ccc(-c2ccc(N(c3ccccc3)c3ccc4c(c3)C3(c5ccccc5-4)c4ccccc4-c4ccc(N(c5ccccc5)c5ccc(-c6ccccc6)cc5)cc43)cc2)cc1. The van der Waals surface area contributed by atoms with Gasteiger partial charge in [0, 0.05) is 34.1 Å². The van der Waals surface area contributed by atoms with E-state index in [1.54, 1.807) is 0 Å². The maximum Gasteiger partial charge on any atom is 0.0727 e. The smallest absolute Gasteiger partial charge is 0.0727 e. The summed E-state index contributed by atoms with van der Waals surface area (Å²) >= 11 is 0. The van der Waals surface area contributed by atoms with Crippen molar-refractivity contribution in [2.45, 2.75) is 5.41 Å². The molecular formula is C61H42N2. The van der Waals surface area contributed by atoms with Crippen molar-refractivity contribution in [2.24, 2.45) is 0 Å². The van der Waals surface area contributed by atoms with Crippen molar-refractivity contribution < 1.29 is 0 Å². The summed E-state index contributed by atoms with van der Waals surface area (Å²) in [5, 5.41) is 0. The zero-order valence-electron chi connectivity index (χ0n) is 34.6. The van der Waals surface area contributed by atoms with E-state index < -0.39 is 5.41 Å². The van der Waals surface area contributed by atoms with E-state index in [1.165, 1.54) is 66.8 Å². The van der Waals surface area contributed by atoms with Gasteiger partial charge in [-0.3, -0.25) is 0 Å². The van der Waals surface area contributed by atoms with E-state index in [1.807, 2.05) is 0 Å². The van der Waals surface area contributed by atoms with E-state index in [9.17, 15) is 0 Å². The Morgan fingerprint density at radius 2 is 0.492 bits per heavy atom. The van der Waals surface area contributed by atoms with Crippen molar-refractivity contribution in [2.75, 3.05) is 9.80 Å². The molecule has 63 heavy (non-hydrogen) atoms. The zero-order valence-corrected chi connectivity index (χ0v) is 34.6. The molecule has 0 unspecified atom stereocenters. The van der Waals surface area contributed by atoms with Gasteiger partial charge in [-0.05, 0) is 140 Å². The van der Waals surface area contributed by atoms with Gasteiger partial charge in [-0.2, -0.15) is 0 Å². The molecule has 2 heteroatoms. The van der Waals surface area contributed by atoms with Crippen molar-refractivity contribution >= 4 is 34.1 Å². The summed E-state index contributed by atoms with van der Waals surface area (Å²) in [6.45, 7) is 0. The summed E-state index contributed by atoms with van der Waals surface area (Å²) in [5.41, 5.74) is 21.3. The van der Waals surface area contributed by atoms with Crippen LogP contribution in [0.1, 0.15) is 22.3 Å². The first-order chi connectivity index (χ1) is 31.3. The summed E-state index contributed by atoms with van der Waals surface area (Å²) in [6.07, 6.45) is 0. The van der Waals surface area contributed by atoms with Crippen LogP contribution in [0.25, 0.3) is 44.5 Å². The Morgan fingerprint density at radius 3 is 0.889 bits per heavy atom. The standard InChI is InChI=1S/C61H42N2/c1-5-17-43(18-6-1)45-29-33-49(34-30-45)62(47-21-9-3-10-22-47)51-37-39-55-53-25-13-15-27-57(53)61(59(55)41-51)58-28-16-14-26-54(58)56-40-38-52(42-60(56)61)63(48-23-11-4-12-24-48)50-35-31-46(32-36-50)44-19-7-2-8-20-44/h1-42H. The summed E-state index contributed by atoms with van der Waals surface area (Å²) in [7, 11) is 0. The van der Waals surface area contributed by atoms with Gasteiger partial charge in [-0.1, -0.05) is 182 Å². The van der Waals surface area contributed by atoms with Gasteiger partial charge < -0.3 is 9.80 Å². The average molecular weight is 803 g/mol. The van der Waals surface area contributed by atoms with Gasteiger partial charge in [-0.25, -0.2) is 0 Å². The molecule has 0 bridgehead atoms. The highest BCUT2D eigenvalue weighted by atomic mass is 15.1. The summed E-state index contributed by atoms with van der Waals surface area (Å²) < 4.78 is 0. The number of para-hydroxylation sites is 2. The highest BCUT2D eigenvalue weighted by Gasteiger charge is 2.52. The van der Waals surface area contributed by atoms with E-state index in [-0.39, 0.29) is 0 Å². The van der Waals surface area contributed by atoms with Gasteiger partial charge in [0.05, 0.1) is 5.41 Å². The second-order valence-electron chi connectivity index (χ2n) is 16.5. The van der Waals surface area contributed by atoms with Gasteiger partial charge in [-0.15, -0.1) is 0 Å². The monoisotopic (exact) mass is 802 g/mol. The Kier molecular flexibility index (Phi) is 8.76. The molecule has 0 atom stereocenters. The molecule has 0 fully saturated rings. The molecular weight excluding hydrogens is 761 g/mol. The summed E-state index contributed by atoms with van der Waals surface area (Å²) in [6, 6.07) is 93.2. The number of fused-ring (bicyclic) bond motifs is 10. The van der Waals surface area contributed by atoms with Crippen LogP contribution >= 0.6 is 0 Å². The Morgan fingerprint density at radius 1 is 0.206 bits per heavy atom. The lowest BCUT2D eigenvalue weighted by Gasteiger charge is -2.33. The molecule has 12 rings (SSSR count). The van der Waals surface area contributed by atoms with Crippen LogP contribution in [0.3, 0.4) is 0 Å². The molecule has 0 aliphatic heterocycles.